The number of likely N-dealkylation sites (tertiary alicyclic amines) is 1. The quantitative estimate of drug-likeness (QED) is 0.679. The summed E-state index contributed by atoms with van der Waals surface area (Å²) >= 11 is 0. The molecule has 2 fully saturated rings. The maximum absolute atomic E-state index is 9.19. The van der Waals surface area contributed by atoms with Crippen LogP contribution >= 0.6 is 0 Å². The smallest absolute Gasteiger partial charge is 0.0991 e. The van der Waals surface area contributed by atoms with Gasteiger partial charge in [-0.25, -0.2) is 4.98 Å². The third kappa shape index (κ3) is 3.35. The Hall–Kier alpha value is -2.94. The van der Waals surface area contributed by atoms with Gasteiger partial charge in [-0.3, -0.25) is 4.90 Å². The highest BCUT2D eigenvalue weighted by Gasteiger charge is 2.37. The number of rotatable bonds is 4. The highest BCUT2D eigenvalue weighted by molar-refractivity contribution is 5.79. The third-order valence-corrected chi connectivity index (χ3v) is 6.12. The van der Waals surface area contributed by atoms with Gasteiger partial charge in [0.15, 0.2) is 0 Å². The minimum atomic E-state index is 0.240. The van der Waals surface area contributed by atoms with Gasteiger partial charge in [0.1, 0.15) is 0 Å². The molecule has 0 saturated carbocycles. The lowest BCUT2D eigenvalue weighted by Gasteiger charge is -2.29. The van der Waals surface area contributed by atoms with Crippen LogP contribution in [-0.4, -0.2) is 46.8 Å². The lowest BCUT2D eigenvalue weighted by atomic mass is 10.0. The molecule has 2 aliphatic heterocycles. The molecule has 3 heterocycles. The Morgan fingerprint density at radius 3 is 2.34 bits per heavy atom. The van der Waals surface area contributed by atoms with E-state index in [1.165, 1.54) is 12.8 Å². The van der Waals surface area contributed by atoms with Crippen molar-refractivity contribution in [2.45, 2.75) is 24.9 Å². The number of hydrogen-bond acceptors (Lipinski definition) is 4. The molecule has 0 unspecified atom stereocenters. The summed E-state index contributed by atoms with van der Waals surface area (Å²) in [6.45, 7) is 3.78. The van der Waals surface area contributed by atoms with E-state index in [0.29, 0.717) is 18.2 Å². The van der Waals surface area contributed by atoms with E-state index >= 15 is 0 Å². The molecule has 1 aromatic heterocycles. The van der Waals surface area contributed by atoms with Crippen molar-refractivity contribution in [1.82, 2.24) is 14.5 Å². The molecule has 0 spiro atoms. The fraction of sp³-hybridized carbons (Fsp3) is 0.333. The molecule has 2 aromatic carbocycles. The average molecular weight is 384 g/mol. The molecule has 0 bridgehead atoms. The summed E-state index contributed by atoms with van der Waals surface area (Å²) in [6.07, 6.45) is 4.51. The van der Waals surface area contributed by atoms with E-state index in [0.717, 1.165) is 42.2 Å². The van der Waals surface area contributed by atoms with Crippen molar-refractivity contribution in [2.24, 2.45) is 0 Å². The standard InChI is InChI=1S/C24H24N4O/c25-14-18-8-10-20(11-9-18)24-23(19-6-2-1-3-7-19)26-17-28(24)22-16-29-15-21(22)27-12-4-5-13-27/h1-3,6-11,17,21-22H,4-5,12-13,15-16H2/t21-,22-/m1/s1. The SMILES string of the molecule is N#Cc1ccc(-c2c(-c3ccccc3)ncn2[C@@H]2COC[C@H]2N2CCCC2)cc1. The summed E-state index contributed by atoms with van der Waals surface area (Å²) in [7, 11) is 0. The number of imidazole rings is 1. The van der Waals surface area contributed by atoms with Crippen molar-refractivity contribution in [3.8, 4) is 28.6 Å². The molecule has 0 amide bonds. The van der Waals surface area contributed by atoms with E-state index in [1.807, 2.05) is 48.8 Å². The van der Waals surface area contributed by atoms with Crippen LogP contribution in [0.5, 0.6) is 0 Å². The van der Waals surface area contributed by atoms with Crippen molar-refractivity contribution < 1.29 is 4.74 Å². The van der Waals surface area contributed by atoms with Gasteiger partial charge in [-0.15, -0.1) is 0 Å². The topological polar surface area (TPSA) is 54.1 Å². The van der Waals surface area contributed by atoms with Gasteiger partial charge in [0.25, 0.3) is 0 Å². The Kier molecular flexibility index (Phi) is 4.89. The third-order valence-electron chi connectivity index (χ3n) is 6.12. The average Bonchev–Trinajstić information content (AvgIpc) is 3.54. The van der Waals surface area contributed by atoms with E-state index in [2.05, 4.69) is 27.7 Å². The number of nitrogens with zero attached hydrogens (tertiary/aromatic N) is 4. The molecule has 0 radical (unpaired) electrons. The van der Waals surface area contributed by atoms with Gasteiger partial charge in [0.2, 0.25) is 0 Å². The highest BCUT2D eigenvalue weighted by atomic mass is 16.5. The zero-order valence-corrected chi connectivity index (χ0v) is 16.4. The van der Waals surface area contributed by atoms with E-state index in [9.17, 15) is 5.26 Å². The van der Waals surface area contributed by atoms with Crippen LogP contribution in [0, 0.1) is 11.3 Å². The van der Waals surface area contributed by atoms with Crippen molar-refractivity contribution in [3.05, 3.63) is 66.5 Å². The van der Waals surface area contributed by atoms with Crippen molar-refractivity contribution in [3.63, 3.8) is 0 Å². The summed E-state index contributed by atoms with van der Waals surface area (Å²) in [4.78, 5) is 7.41. The lowest BCUT2D eigenvalue weighted by Crippen LogP contribution is -2.39. The van der Waals surface area contributed by atoms with Crippen molar-refractivity contribution in [2.75, 3.05) is 26.3 Å². The van der Waals surface area contributed by atoms with Gasteiger partial charge >= 0.3 is 0 Å². The Morgan fingerprint density at radius 2 is 1.62 bits per heavy atom. The Bertz CT molecular complexity index is 1010. The van der Waals surface area contributed by atoms with E-state index < -0.39 is 0 Å². The van der Waals surface area contributed by atoms with Crippen LogP contribution in [-0.2, 0) is 4.74 Å². The normalized spacial score (nSPS) is 22.0. The summed E-state index contributed by atoms with van der Waals surface area (Å²) < 4.78 is 8.25. The number of aromatic nitrogens is 2. The van der Waals surface area contributed by atoms with Crippen LogP contribution in [0.15, 0.2) is 60.9 Å². The summed E-state index contributed by atoms with van der Waals surface area (Å²) in [5.41, 5.74) is 4.91. The van der Waals surface area contributed by atoms with Gasteiger partial charge < -0.3 is 9.30 Å². The first kappa shape index (κ1) is 18.1. The Balaban J connectivity index is 1.61. The summed E-state index contributed by atoms with van der Waals surface area (Å²) in [6, 6.07) is 21.0. The Labute approximate surface area is 171 Å². The van der Waals surface area contributed by atoms with Crippen molar-refractivity contribution in [1.29, 1.82) is 5.26 Å². The van der Waals surface area contributed by atoms with Crippen LogP contribution in [0.3, 0.4) is 0 Å². The second-order valence-electron chi connectivity index (χ2n) is 7.82. The molecule has 2 atom stereocenters. The predicted molar refractivity (Wildman–Crippen MR) is 112 cm³/mol. The predicted octanol–water partition coefficient (Wildman–Crippen LogP) is 4.12. The van der Waals surface area contributed by atoms with Crippen LogP contribution < -0.4 is 0 Å². The van der Waals surface area contributed by atoms with Gasteiger partial charge in [0.05, 0.1) is 54.6 Å². The summed E-state index contributed by atoms with van der Waals surface area (Å²) in [5, 5.41) is 9.19. The molecular formula is C24H24N4O. The molecule has 3 aromatic rings. The van der Waals surface area contributed by atoms with Crippen LogP contribution in [0.1, 0.15) is 24.4 Å². The molecule has 5 heteroatoms. The van der Waals surface area contributed by atoms with Gasteiger partial charge in [-0.1, -0.05) is 42.5 Å². The second kappa shape index (κ2) is 7.82. The van der Waals surface area contributed by atoms with Crippen LogP contribution in [0.4, 0.5) is 0 Å². The lowest BCUT2D eigenvalue weighted by molar-refractivity contribution is 0.158. The van der Waals surface area contributed by atoms with Gasteiger partial charge in [-0.2, -0.15) is 5.26 Å². The monoisotopic (exact) mass is 384 g/mol. The van der Waals surface area contributed by atoms with E-state index in [1.54, 1.807) is 0 Å². The highest BCUT2D eigenvalue weighted by Crippen LogP contribution is 2.37. The van der Waals surface area contributed by atoms with Gasteiger partial charge in [-0.05, 0) is 38.1 Å². The fourth-order valence-corrected chi connectivity index (χ4v) is 4.63. The molecular weight excluding hydrogens is 360 g/mol. The first-order chi connectivity index (χ1) is 14.3. The molecule has 0 aliphatic carbocycles. The van der Waals surface area contributed by atoms with Crippen molar-refractivity contribution >= 4 is 0 Å². The number of ether oxygens (including phenoxy) is 1. The summed E-state index contributed by atoms with van der Waals surface area (Å²) in [5.74, 6) is 0. The zero-order valence-electron chi connectivity index (χ0n) is 16.4. The zero-order chi connectivity index (χ0) is 19.6. The van der Waals surface area contributed by atoms with Gasteiger partial charge in [0, 0.05) is 11.1 Å². The van der Waals surface area contributed by atoms with Crippen LogP contribution in [0.2, 0.25) is 0 Å². The number of hydrogen-bond donors (Lipinski definition) is 0. The molecule has 5 nitrogen and oxygen atoms in total. The minimum absolute atomic E-state index is 0.240. The van der Waals surface area contributed by atoms with E-state index in [-0.39, 0.29) is 6.04 Å². The number of benzene rings is 2. The molecule has 2 saturated heterocycles. The Morgan fingerprint density at radius 1 is 0.897 bits per heavy atom. The molecule has 2 aliphatic rings. The molecule has 0 N–H and O–H groups in total. The fourth-order valence-electron chi connectivity index (χ4n) is 4.63. The van der Waals surface area contributed by atoms with E-state index in [4.69, 9.17) is 9.72 Å². The second-order valence-corrected chi connectivity index (χ2v) is 7.82. The molecule has 146 valence electrons. The first-order valence-electron chi connectivity index (χ1n) is 10.3. The first-order valence-corrected chi connectivity index (χ1v) is 10.3. The van der Waals surface area contributed by atoms with Crippen LogP contribution in [0.25, 0.3) is 22.5 Å². The minimum Gasteiger partial charge on any atom is -0.378 e. The maximum Gasteiger partial charge on any atom is 0.0991 e. The number of nitriles is 1. The molecule has 29 heavy (non-hydrogen) atoms. The molecule has 5 rings (SSSR count). The maximum atomic E-state index is 9.19. The largest absolute Gasteiger partial charge is 0.378 e.